The van der Waals surface area contributed by atoms with Crippen molar-refractivity contribution in [3.8, 4) is 5.69 Å². The number of nitro groups is 2. The van der Waals surface area contributed by atoms with Gasteiger partial charge in [0.2, 0.25) is 5.69 Å². The van der Waals surface area contributed by atoms with Gasteiger partial charge in [0.15, 0.2) is 0 Å². The van der Waals surface area contributed by atoms with Crippen molar-refractivity contribution in [1.82, 2.24) is 9.55 Å². The van der Waals surface area contributed by atoms with Crippen LogP contribution in [-0.2, 0) is 6.18 Å². The molecular weight excluding hydrogens is 421 g/mol. The molecular formula is C18H13F3N6O4. The fraction of sp³-hybridized carbons (Fsp3) is 0.111. The highest BCUT2D eigenvalue weighted by molar-refractivity contribution is 5.99. The van der Waals surface area contributed by atoms with Crippen LogP contribution in [0, 0.1) is 20.2 Å². The molecule has 0 bridgehead atoms. The van der Waals surface area contributed by atoms with Gasteiger partial charge < -0.3 is 4.57 Å². The quantitative estimate of drug-likeness (QED) is 0.344. The molecule has 2 aromatic carbocycles. The van der Waals surface area contributed by atoms with Crippen LogP contribution in [0.25, 0.3) is 5.69 Å². The first-order chi connectivity index (χ1) is 14.6. The smallest absolute Gasteiger partial charge is 0.306 e. The van der Waals surface area contributed by atoms with E-state index in [2.05, 4.69) is 15.5 Å². The monoisotopic (exact) mass is 434 g/mol. The average molecular weight is 434 g/mol. The van der Waals surface area contributed by atoms with Crippen LogP contribution in [0.3, 0.4) is 0 Å². The van der Waals surface area contributed by atoms with Crippen LogP contribution in [0.1, 0.15) is 18.1 Å². The number of benzene rings is 2. The fourth-order valence-electron chi connectivity index (χ4n) is 2.67. The lowest BCUT2D eigenvalue weighted by Crippen LogP contribution is -2.10. The third kappa shape index (κ3) is 4.66. The molecule has 0 spiro atoms. The van der Waals surface area contributed by atoms with Gasteiger partial charge in [-0.05, 0) is 24.6 Å². The molecule has 3 aromatic rings. The van der Waals surface area contributed by atoms with E-state index in [4.69, 9.17) is 0 Å². The Hall–Kier alpha value is -4.29. The van der Waals surface area contributed by atoms with Crippen molar-refractivity contribution in [2.75, 3.05) is 5.43 Å². The van der Waals surface area contributed by atoms with Crippen LogP contribution >= 0.6 is 0 Å². The lowest BCUT2D eigenvalue weighted by atomic mass is 10.1. The van der Waals surface area contributed by atoms with Gasteiger partial charge in [0, 0.05) is 30.2 Å². The standard InChI is InChI=1S/C18H13F3N6O4/c1-11(12-2-4-14(5-3-12)25-7-6-22-10-25)23-24-17-15(26(28)29)8-13(18(19,20)21)9-16(17)27(30)31/h2-10,24H,1H3/b23-11-. The predicted molar refractivity (Wildman–Crippen MR) is 104 cm³/mol. The van der Waals surface area contributed by atoms with Gasteiger partial charge in [-0.1, -0.05) is 12.1 Å². The number of hydrogen-bond acceptors (Lipinski definition) is 7. The van der Waals surface area contributed by atoms with E-state index in [0.717, 1.165) is 5.69 Å². The lowest BCUT2D eigenvalue weighted by Gasteiger charge is -2.10. The van der Waals surface area contributed by atoms with Gasteiger partial charge in [0.05, 0.1) is 27.4 Å². The highest BCUT2D eigenvalue weighted by atomic mass is 19.4. The molecule has 31 heavy (non-hydrogen) atoms. The van der Waals surface area contributed by atoms with E-state index in [1.807, 2.05) is 0 Å². The van der Waals surface area contributed by atoms with Crippen LogP contribution in [0.15, 0.2) is 60.2 Å². The van der Waals surface area contributed by atoms with E-state index in [-0.39, 0.29) is 12.1 Å². The second-order valence-electron chi connectivity index (χ2n) is 6.23. The van der Waals surface area contributed by atoms with Gasteiger partial charge in [-0.25, -0.2) is 4.98 Å². The van der Waals surface area contributed by atoms with E-state index in [1.165, 1.54) is 6.92 Å². The summed E-state index contributed by atoms with van der Waals surface area (Å²) in [5, 5.41) is 26.4. The zero-order chi connectivity index (χ0) is 22.8. The third-order valence-corrected chi connectivity index (χ3v) is 4.24. The molecule has 0 radical (unpaired) electrons. The zero-order valence-corrected chi connectivity index (χ0v) is 15.7. The van der Waals surface area contributed by atoms with E-state index >= 15 is 0 Å². The number of imidazole rings is 1. The summed E-state index contributed by atoms with van der Waals surface area (Å²) in [6.45, 7) is 1.53. The SMILES string of the molecule is C/C(=N/Nc1c([N+](=O)[O-])cc(C(F)(F)F)cc1[N+](=O)[O-])c1ccc(-n2ccnc2)cc1. The number of hydrogen-bond donors (Lipinski definition) is 1. The second-order valence-corrected chi connectivity index (χ2v) is 6.23. The molecule has 0 saturated carbocycles. The van der Waals surface area contributed by atoms with Gasteiger partial charge in [0.1, 0.15) is 0 Å². The number of rotatable bonds is 6. The number of hydrazone groups is 1. The molecule has 13 heteroatoms. The molecule has 0 fully saturated rings. The molecule has 160 valence electrons. The summed E-state index contributed by atoms with van der Waals surface area (Å²) in [5.74, 6) is 0. The first kappa shape index (κ1) is 21.4. The number of nitro benzene ring substituents is 2. The van der Waals surface area contributed by atoms with Crippen molar-refractivity contribution in [2.24, 2.45) is 5.10 Å². The average Bonchev–Trinajstić information content (AvgIpc) is 3.25. The van der Waals surface area contributed by atoms with Gasteiger partial charge >= 0.3 is 17.6 Å². The van der Waals surface area contributed by atoms with Crippen molar-refractivity contribution in [2.45, 2.75) is 13.1 Å². The highest BCUT2D eigenvalue weighted by Crippen LogP contribution is 2.41. The molecule has 0 atom stereocenters. The molecule has 10 nitrogen and oxygen atoms in total. The maximum Gasteiger partial charge on any atom is 0.416 e. The Morgan fingerprint density at radius 2 is 1.68 bits per heavy atom. The third-order valence-electron chi connectivity index (χ3n) is 4.24. The Kier molecular flexibility index (Phi) is 5.68. The zero-order valence-electron chi connectivity index (χ0n) is 15.7. The van der Waals surface area contributed by atoms with Gasteiger partial charge in [-0.3, -0.25) is 25.7 Å². The molecule has 1 heterocycles. The Morgan fingerprint density at radius 1 is 1.10 bits per heavy atom. The highest BCUT2D eigenvalue weighted by Gasteiger charge is 2.37. The summed E-state index contributed by atoms with van der Waals surface area (Å²) in [6.07, 6.45) is -0.0562. The molecule has 0 aliphatic heterocycles. The van der Waals surface area contributed by atoms with Crippen LogP contribution in [-0.4, -0.2) is 25.1 Å². The molecule has 3 rings (SSSR count). The van der Waals surface area contributed by atoms with Crippen molar-refractivity contribution in [1.29, 1.82) is 0 Å². The summed E-state index contributed by atoms with van der Waals surface area (Å²) >= 11 is 0. The molecule has 0 unspecified atom stereocenters. The van der Waals surface area contributed by atoms with Crippen LogP contribution in [0.2, 0.25) is 0 Å². The maximum absolute atomic E-state index is 13.0. The van der Waals surface area contributed by atoms with E-state index in [9.17, 15) is 33.4 Å². The number of aromatic nitrogens is 2. The van der Waals surface area contributed by atoms with Crippen molar-refractivity contribution in [3.63, 3.8) is 0 Å². The number of anilines is 1. The normalized spacial score (nSPS) is 11.9. The molecule has 1 aromatic heterocycles. The number of alkyl halides is 3. The van der Waals surface area contributed by atoms with E-state index in [1.54, 1.807) is 47.6 Å². The van der Waals surface area contributed by atoms with Crippen LogP contribution in [0.4, 0.5) is 30.2 Å². The summed E-state index contributed by atoms with van der Waals surface area (Å²) < 4.78 is 40.7. The minimum absolute atomic E-state index is 0.222. The summed E-state index contributed by atoms with van der Waals surface area (Å²) in [6, 6.07) is 7.31. The topological polar surface area (TPSA) is 128 Å². The largest absolute Gasteiger partial charge is 0.416 e. The number of nitrogens with one attached hydrogen (secondary N) is 1. The second kappa shape index (κ2) is 8.22. The van der Waals surface area contributed by atoms with Crippen LogP contribution < -0.4 is 5.43 Å². The summed E-state index contributed by atoms with van der Waals surface area (Å²) in [7, 11) is 0. The maximum atomic E-state index is 13.0. The number of nitrogens with zero attached hydrogens (tertiary/aromatic N) is 5. The molecule has 1 N–H and O–H groups in total. The Balaban J connectivity index is 1.96. The van der Waals surface area contributed by atoms with Gasteiger partial charge in [-0.15, -0.1) is 0 Å². The fourth-order valence-corrected chi connectivity index (χ4v) is 2.67. The molecule has 0 aliphatic carbocycles. The van der Waals surface area contributed by atoms with E-state index < -0.39 is 38.6 Å². The Morgan fingerprint density at radius 3 is 2.13 bits per heavy atom. The molecule has 0 amide bonds. The minimum atomic E-state index is -5.00. The Bertz CT molecular complexity index is 1120. The van der Waals surface area contributed by atoms with Crippen molar-refractivity contribution in [3.05, 3.63) is 86.5 Å². The summed E-state index contributed by atoms with van der Waals surface area (Å²) in [4.78, 5) is 24.2. The molecule has 0 aliphatic rings. The molecule has 0 saturated heterocycles. The first-order valence-electron chi connectivity index (χ1n) is 8.51. The van der Waals surface area contributed by atoms with Gasteiger partial charge in [0.25, 0.3) is 0 Å². The lowest BCUT2D eigenvalue weighted by molar-refractivity contribution is -0.392. The first-order valence-corrected chi connectivity index (χ1v) is 8.51. The van der Waals surface area contributed by atoms with Crippen LogP contribution in [0.5, 0.6) is 0 Å². The van der Waals surface area contributed by atoms with Gasteiger partial charge in [-0.2, -0.15) is 18.3 Å². The van der Waals surface area contributed by atoms with E-state index in [0.29, 0.717) is 11.3 Å². The number of halogens is 3. The minimum Gasteiger partial charge on any atom is -0.306 e. The predicted octanol–water partition coefficient (Wildman–Crippen LogP) is 4.54. The Labute approximate surface area is 171 Å². The van der Waals surface area contributed by atoms with Crippen molar-refractivity contribution < 1.29 is 23.0 Å². The summed E-state index contributed by atoms with van der Waals surface area (Å²) in [5.41, 5.74) is -0.637. The van der Waals surface area contributed by atoms with Crippen molar-refractivity contribution >= 4 is 22.8 Å².